The van der Waals surface area contributed by atoms with Gasteiger partial charge in [-0.1, -0.05) is 0 Å². The van der Waals surface area contributed by atoms with E-state index < -0.39 is 11.6 Å². The summed E-state index contributed by atoms with van der Waals surface area (Å²) in [5.74, 6) is -0.0761. The highest BCUT2D eigenvalue weighted by molar-refractivity contribution is 5.81. The van der Waals surface area contributed by atoms with Gasteiger partial charge in [-0.25, -0.2) is 0 Å². The molecule has 1 aliphatic heterocycles. The summed E-state index contributed by atoms with van der Waals surface area (Å²) < 4.78 is 0. The molecule has 1 rings (SSSR count). The lowest BCUT2D eigenvalue weighted by molar-refractivity contribution is -0.132. The van der Waals surface area contributed by atoms with E-state index in [0.717, 1.165) is 0 Å². The van der Waals surface area contributed by atoms with Crippen LogP contribution >= 0.6 is 0 Å². The quantitative estimate of drug-likeness (QED) is 0.550. The molecule has 2 atom stereocenters. The van der Waals surface area contributed by atoms with Crippen molar-refractivity contribution >= 4 is 5.91 Å². The van der Waals surface area contributed by atoms with Crippen molar-refractivity contribution in [3.63, 3.8) is 0 Å². The Kier molecular flexibility index (Phi) is 2.39. The van der Waals surface area contributed by atoms with E-state index in [1.165, 1.54) is 0 Å². The van der Waals surface area contributed by atoms with Gasteiger partial charge in [-0.15, -0.1) is 0 Å². The van der Waals surface area contributed by atoms with Crippen molar-refractivity contribution in [3.05, 3.63) is 0 Å². The highest BCUT2D eigenvalue weighted by atomic mass is 16.3. The number of carbonyl (C=O) groups is 1. The van der Waals surface area contributed by atoms with Crippen molar-refractivity contribution in [1.29, 1.82) is 0 Å². The maximum atomic E-state index is 11.3. The molecule has 1 saturated heterocycles. The van der Waals surface area contributed by atoms with Gasteiger partial charge in [0, 0.05) is 13.1 Å². The standard InChI is InChI=1S/C8H16N2O2/c1-6(9)7(11)10-4-3-8(2,12)5-10/h6,12H,3-5,9H2,1-2H3. The number of carbonyl (C=O) groups excluding carboxylic acids is 1. The summed E-state index contributed by atoms with van der Waals surface area (Å²) in [6.45, 7) is 4.43. The Balaban J connectivity index is 2.53. The maximum absolute atomic E-state index is 11.3. The molecule has 1 amide bonds. The second-order valence-electron chi connectivity index (χ2n) is 3.80. The van der Waals surface area contributed by atoms with E-state index in [-0.39, 0.29) is 5.91 Å². The van der Waals surface area contributed by atoms with Crippen LogP contribution in [0.25, 0.3) is 0 Å². The molecule has 0 aliphatic carbocycles. The van der Waals surface area contributed by atoms with Crippen LogP contribution in [0.15, 0.2) is 0 Å². The van der Waals surface area contributed by atoms with Crippen LogP contribution in [0, 0.1) is 0 Å². The summed E-state index contributed by atoms with van der Waals surface area (Å²) in [6.07, 6.45) is 0.644. The number of likely N-dealkylation sites (tertiary alicyclic amines) is 1. The van der Waals surface area contributed by atoms with Gasteiger partial charge in [-0.2, -0.15) is 0 Å². The first kappa shape index (κ1) is 9.48. The molecular formula is C8H16N2O2. The first-order chi connectivity index (χ1) is 5.42. The van der Waals surface area contributed by atoms with Crippen LogP contribution in [0.2, 0.25) is 0 Å². The van der Waals surface area contributed by atoms with Gasteiger partial charge < -0.3 is 15.7 Å². The highest BCUT2D eigenvalue weighted by Gasteiger charge is 2.34. The first-order valence-electron chi connectivity index (χ1n) is 4.19. The van der Waals surface area contributed by atoms with Crippen LogP contribution in [0.3, 0.4) is 0 Å². The van der Waals surface area contributed by atoms with E-state index in [4.69, 9.17) is 5.73 Å². The third kappa shape index (κ3) is 1.95. The number of rotatable bonds is 1. The molecule has 1 heterocycles. The van der Waals surface area contributed by atoms with Gasteiger partial charge in [0.1, 0.15) is 0 Å². The molecule has 0 saturated carbocycles. The van der Waals surface area contributed by atoms with E-state index in [9.17, 15) is 9.90 Å². The average molecular weight is 172 g/mol. The second-order valence-corrected chi connectivity index (χ2v) is 3.80. The normalized spacial score (nSPS) is 32.2. The molecule has 0 aromatic carbocycles. The minimum atomic E-state index is -0.718. The lowest BCUT2D eigenvalue weighted by Gasteiger charge is -2.20. The van der Waals surface area contributed by atoms with E-state index in [0.29, 0.717) is 19.5 Å². The van der Waals surface area contributed by atoms with Gasteiger partial charge in [0.05, 0.1) is 11.6 Å². The molecule has 1 fully saturated rings. The van der Waals surface area contributed by atoms with E-state index in [2.05, 4.69) is 0 Å². The predicted molar refractivity (Wildman–Crippen MR) is 45.5 cm³/mol. The Morgan fingerprint density at radius 3 is 2.67 bits per heavy atom. The molecule has 1 aliphatic rings. The van der Waals surface area contributed by atoms with Crippen LogP contribution in [0.5, 0.6) is 0 Å². The fraction of sp³-hybridized carbons (Fsp3) is 0.875. The second kappa shape index (κ2) is 3.03. The minimum Gasteiger partial charge on any atom is -0.388 e. The molecule has 3 N–H and O–H groups in total. The largest absolute Gasteiger partial charge is 0.388 e. The summed E-state index contributed by atoms with van der Waals surface area (Å²) in [6, 6.07) is -0.459. The summed E-state index contributed by atoms with van der Waals surface area (Å²) in [4.78, 5) is 12.9. The van der Waals surface area contributed by atoms with Gasteiger partial charge in [0.15, 0.2) is 0 Å². The summed E-state index contributed by atoms with van der Waals surface area (Å²) >= 11 is 0. The Labute approximate surface area is 72.3 Å². The monoisotopic (exact) mass is 172 g/mol. The Morgan fingerprint density at radius 2 is 2.33 bits per heavy atom. The Morgan fingerprint density at radius 1 is 1.75 bits per heavy atom. The fourth-order valence-corrected chi connectivity index (χ4v) is 1.42. The summed E-state index contributed by atoms with van der Waals surface area (Å²) in [7, 11) is 0. The van der Waals surface area contributed by atoms with Crippen molar-refractivity contribution in [3.8, 4) is 0 Å². The van der Waals surface area contributed by atoms with Crippen LogP contribution in [0.4, 0.5) is 0 Å². The number of amides is 1. The molecule has 4 nitrogen and oxygen atoms in total. The van der Waals surface area contributed by atoms with Gasteiger partial charge in [-0.05, 0) is 20.3 Å². The van der Waals surface area contributed by atoms with Crippen LogP contribution < -0.4 is 5.73 Å². The van der Waals surface area contributed by atoms with Crippen molar-refractivity contribution in [1.82, 2.24) is 4.90 Å². The smallest absolute Gasteiger partial charge is 0.239 e. The Hall–Kier alpha value is -0.610. The van der Waals surface area contributed by atoms with Crippen molar-refractivity contribution < 1.29 is 9.90 Å². The van der Waals surface area contributed by atoms with E-state index >= 15 is 0 Å². The zero-order valence-corrected chi connectivity index (χ0v) is 7.58. The SMILES string of the molecule is CC(N)C(=O)N1CCC(C)(O)C1. The number of aliphatic hydroxyl groups is 1. The topological polar surface area (TPSA) is 66.6 Å². The fourth-order valence-electron chi connectivity index (χ4n) is 1.42. The lowest BCUT2D eigenvalue weighted by Crippen LogP contribution is -2.42. The molecule has 0 spiro atoms. The van der Waals surface area contributed by atoms with Crippen molar-refractivity contribution in [2.24, 2.45) is 5.73 Å². The molecule has 0 aromatic heterocycles. The minimum absolute atomic E-state index is 0.0761. The predicted octanol–water partition coefficient (Wildman–Crippen LogP) is -0.683. The van der Waals surface area contributed by atoms with E-state index in [1.807, 2.05) is 0 Å². The van der Waals surface area contributed by atoms with Crippen LogP contribution in [0.1, 0.15) is 20.3 Å². The van der Waals surface area contributed by atoms with Gasteiger partial charge >= 0.3 is 0 Å². The number of β-amino-alcohol motifs (C(OH)–C–C–N with tert-alkyl or cyclic N) is 1. The average Bonchev–Trinajstić information content (AvgIpc) is 2.28. The zero-order valence-electron chi connectivity index (χ0n) is 7.58. The summed E-state index contributed by atoms with van der Waals surface area (Å²) in [5.41, 5.74) is 4.71. The zero-order chi connectivity index (χ0) is 9.35. The number of hydrogen-bond donors (Lipinski definition) is 2. The van der Waals surface area contributed by atoms with Crippen molar-refractivity contribution in [2.45, 2.75) is 31.9 Å². The molecular weight excluding hydrogens is 156 g/mol. The molecule has 0 aromatic rings. The molecule has 0 radical (unpaired) electrons. The molecule has 2 unspecified atom stereocenters. The molecule has 70 valence electrons. The van der Waals surface area contributed by atoms with Crippen molar-refractivity contribution in [2.75, 3.05) is 13.1 Å². The van der Waals surface area contributed by atoms with E-state index in [1.54, 1.807) is 18.7 Å². The Bertz CT molecular complexity index is 189. The van der Waals surface area contributed by atoms with Gasteiger partial charge in [-0.3, -0.25) is 4.79 Å². The van der Waals surface area contributed by atoms with Crippen LogP contribution in [-0.2, 0) is 4.79 Å². The number of nitrogens with zero attached hydrogens (tertiary/aromatic N) is 1. The van der Waals surface area contributed by atoms with Gasteiger partial charge in [0.25, 0.3) is 0 Å². The van der Waals surface area contributed by atoms with Gasteiger partial charge in [0.2, 0.25) is 5.91 Å². The molecule has 4 heteroatoms. The maximum Gasteiger partial charge on any atom is 0.239 e. The third-order valence-electron chi connectivity index (χ3n) is 2.15. The highest BCUT2D eigenvalue weighted by Crippen LogP contribution is 2.20. The third-order valence-corrected chi connectivity index (χ3v) is 2.15. The number of nitrogens with two attached hydrogens (primary N) is 1. The number of hydrogen-bond acceptors (Lipinski definition) is 3. The van der Waals surface area contributed by atoms with Crippen LogP contribution in [-0.4, -0.2) is 40.6 Å². The molecule has 12 heavy (non-hydrogen) atoms. The summed E-state index contributed by atoms with van der Waals surface area (Å²) in [5, 5.41) is 9.56. The first-order valence-corrected chi connectivity index (χ1v) is 4.19. The lowest BCUT2D eigenvalue weighted by atomic mass is 10.1. The molecule has 0 bridgehead atoms.